The Kier molecular flexibility index (Phi) is 4.65. The number of pyridine rings is 1. The molecule has 0 saturated carbocycles. The molecule has 2 rings (SSSR count). The van der Waals surface area contributed by atoms with E-state index in [0.717, 1.165) is 16.8 Å². The molecule has 2 amide bonds. The Morgan fingerprint density at radius 2 is 1.95 bits per heavy atom. The number of halogens is 1. The van der Waals surface area contributed by atoms with Gasteiger partial charge in [-0.05, 0) is 43.2 Å². The predicted molar refractivity (Wildman–Crippen MR) is 85.7 cm³/mol. The Morgan fingerprint density at radius 1 is 1.29 bits per heavy atom. The molecule has 110 valence electrons. The third kappa shape index (κ3) is 4.10. The van der Waals surface area contributed by atoms with Gasteiger partial charge in [0.25, 0.3) is 0 Å². The molecule has 4 N–H and O–H groups in total. The van der Waals surface area contributed by atoms with E-state index in [1.54, 1.807) is 6.20 Å². The summed E-state index contributed by atoms with van der Waals surface area (Å²) >= 11 is 5.91. The molecule has 1 atom stereocenters. The first-order chi connectivity index (χ1) is 9.95. The fraction of sp³-hybridized carbons (Fsp3) is 0.200. The van der Waals surface area contributed by atoms with Crippen LogP contribution in [0.15, 0.2) is 36.5 Å². The van der Waals surface area contributed by atoms with E-state index in [1.807, 2.05) is 44.2 Å². The molecule has 0 aliphatic heterocycles. The minimum atomic E-state index is -0.573. The summed E-state index contributed by atoms with van der Waals surface area (Å²) in [5.41, 5.74) is 8.65. The molecule has 1 unspecified atom stereocenters. The highest BCUT2D eigenvalue weighted by molar-refractivity contribution is 6.30. The van der Waals surface area contributed by atoms with E-state index < -0.39 is 6.03 Å². The van der Waals surface area contributed by atoms with Gasteiger partial charge in [0.2, 0.25) is 0 Å². The smallest absolute Gasteiger partial charge is 0.316 e. The van der Waals surface area contributed by atoms with Gasteiger partial charge in [-0.1, -0.05) is 23.7 Å². The SMILES string of the molecule is Cc1cc(NC(C)c2ccc(NC(N)=O)cc2)cnc1Cl. The Hall–Kier alpha value is -2.27. The van der Waals surface area contributed by atoms with Crippen LogP contribution in [-0.4, -0.2) is 11.0 Å². The molecule has 0 aliphatic carbocycles. The molecule has 2 aromatic rings. The molecule has 6 heteroatoms. The standard InChI is InChI=1S/C15H17ClN4O/c1-9-7-13(8-18-14(9)16)19-10(2)11-3-5-12(6-4-11)20-15(17)21/h3-8,10,19H,1-2H3,(H3,17,20,21). The van der Waals surface area contributed by atoms with Gasteiger partial charge in [-0.2, -0.15) is 0 Å². The molecule has 1 aromatic heterocycles. The van der Waals surface area contributed by atoms with Crippen molar-refractivity contribution in [3.63, 3.8) is 0 Å². The number of amides is 2. The lowest BCUT2D eigenvalue weighted by atomic mass is 10.1. The summed E-state index contributed by atoms with van der Waals surface area (Å²) in [7, 11) is 0. The number of hydrogen-bond acceptors (Lipinski definition) is 3. The number of benzene rings is 1. The second-order valence-corrected chi connectivity index (χ2v) is 5.17. The third-order valence-electron chi connectivity index (χ3n) is 3.08. The number of urea groups is 1. The van der Waals surface area contributed by atoms with E-state index in [-0.39, 0.29) is 6.04 Å². The highest BCUT2D eigenvalue weighted by atomic mass is 35.5. The average molecular weight is 305 g/mol. The van der Waals surface area contributed by atoms with Crippen molar-refractivity contribution in [2.45, 2.75) is 19.9 Å². The van der Waals surface area contributed by atoms with Gasteiger partial charge in [0, 0.05) is 11.7 Å². The Balaban J connectivity index is 2.07. The molecular formula is C15H17ClN4O. The minimum absolute atomic E-state index is 0.0926. The number of hydrogen-bond donors (Lipinski definition) is 3. The van der Waals surface area contributed by atoms with Crippen LogP contribution in [0.2, 0.25) is 5.15 Å². The van der Waals surface area contributed by atoms with Crippen LogP contribution < -0.4 is 16.4 Å². The van der Waals surface area contributed by atoms with Crippen molar-refractivity contribution < 1.29 is 4.79 Å². The van der Waals surface area contributed by atoms with Crippen LogP contribution in [0.1, 0.15) is 24.1 Å². The molecule has 0 spiro atoms. The number of primary amides is 1. The summed E-state index contributed by atoms with van der Waals surface area (Å²) in [4.78, 5) is 14.9. The zero-order valence-electron chi connectivity index (χ0n) is 11.9. The van der Waals surface area contributed by atoms with Crippen molar-refractivity contribution in [2.24, 2.45) is 5.73 Å². The van der Waals surface area contributed by atoms with Gasteiger partial charge in [-0.15, -0.1) is 0 Å². The van der Waals surface area contributed by atoms with Gasteiger partial charge in [0.1, 0.15) is 5.15 Å². The first-order valence-corrected chi connectivity index (χ1v) is 6.88. The minimum Gasteiger partial charge on any atom is -0.377 e. The fourth-order valence-electron chi connectivity index (χ4n) is 1.97. The van der Waals surface area contributed by atoms with Crippen LogP contribution in [0.4, 0.5) is 16.2 Å². The number of anilines is 2. The van der Waals surface area contributed by atoms with E-state index in [2.05, 4.69) is 15.6 Å². The van der Waals surface area contributed by atoms with E-state index in [1.165, 1.54) is 0 Å². The van der Waals surface area contributed by atoms with E-state index in [9.17, 15) is 4.79 Å². The second kappa shape index (κ2) is 6.45. The summed E-state index contributed by atoms with van der Waals surface area (Å²) in [6.07, 6.45) is 1.70. The first kappa shape index (κ1) is 15.1. The molecule has 0 saturated heterocycles. The van der Waals surface area contributed by atoms with Crippen LogP contribution in [0.3, 0.4) is 0 Å². The maximum Gasteiger partial charge on any atom is 0.316 e. The highest BCUT2D eigenvalue weighted by Crippen LogP contribution is 2.22. The van der Waals surface area contributed by atoms with Crippen molar-refractivity contribution in [1.29, 1.82) is 0 Å². The number of nitrogens with one attached hydrogen (secondary N) is 2. The summed E-state index contributed by atoms with van der Waals surface area (Å²) < 4.78 is 0. The lowest BCUT2D eigenvalue weighted by Gasteiger charge is -2.16. The number of aryl methyl sites for hydroxylation is 1. The van der Waals surface area contributed by atoms with Gasteiger partial charge in [0.15, 0.2) is 0 Å². The molecule has 1 aromatic carbocycles. The maximum absolute atomic E-state index is 10.8. The van der Waals surface area contributed by atoms with Crippen LogP contribution in [0, 0.1) is 6.92 Å². The summed E-state index contributed by atoms with van der Waals surface area (Å²) in [6.45, 7) is 3.95. The molecule has 0 bridgehead atoms. The van der Waals surface area contributed by atoms with E-state index in [0.29, 0.717) is 10.8 Å². The van der Waals surface area contributed by atoms with Crippen LogP contribution in [0.25, 0.3) is 0 Å². The summed E-state index contributed by atoms with van der Waals surface area (Å²) in [6, 6.07) is 8.95. The lowest BCUT2D eigenvalue weighted by molar-refractivity contribution is 0.259. The number of nitrogens with zero attached hydrogens (tertiary/aromatic N) is 1. The quantitative estimate of drug-likeness (QED) is 0.753. The van der Waals surface area contributed by atoms with E-state index >= 15 is 0 Å². The average Bonchev–Trinajstić information content (AvgIpc) is 2.43. The van der Waals surface area contributed by atoms with Gasteiger partial charge in [-0.25, -0.2) is 9.78 Å². The molecule has 0 fully saturated rings. The number of carbonyl (C=O) groups excluding carboxylic acids is 1. The predicted octanol–water partition coefficient (Wildman–Crippen LogP) is 3.71. The van der Waals surface area contributed by atoms with Crippen molar-refractivity contribution in [3.8, 4) is 0 Å². The molecule has 0 aliphatic rings. The van der Waals surface area contributed by atoms with Crippen LogP contribution in [0.5, 0.6) is 0 Å². The Labute approximate surface area is 128 Å². The molecule has 21 heavy (non-hydrogen) atoms. The van der Waals surface area contributed by atoms with Crippen molar-refractivity contribution >= 4 is 29.0 Å². The topological polar surface area (TPSA) is 80.0 Å². The van der Waals surface area contributed by atoms with Crippen molar-refractivity contribution in [3.05, 3.63) is 52.8 Å². The van der Waals surface area contributed by atoms with Gasteiger partial charge >= 0.3 is 6.03 Å². The number of aromatic nitrogens is 1. The van der Waals surface area contributed by atoms with Gasteiger partial charge in [0.05, 0.1) is 11.9 Å². The molecule has 5 nitrogen and oxygen atoms in total. The number of carbonyl (C=O) groups is 1. The Bertz CT molecular complexity index is 643. The molecular weight excluding hydrogens is 288 g/mol. The van der Waals surface area contributed by atoms with E-state index in [4.69, 9.17) is 17.3 Å². The fourth-order valence-corrected chi connectivity index (χ4v) is 2.07. The highest BCUT2D eigenvalue weighted by Gasteiger charge is 2.07. The lowest BCUT2D eigenvalue weighted by Crippen LogP contribution is -2.19. The van der Waals surface area contributed by atoms with Crippen LogP contribution in [-0.2, 0) is 0 Å². The number of nitrogens with two attached hydrogens (primary N) is 1. The monoisotopic (exact) mass is 304 g/mol. The van der Waals surface area contributed by atoms with Gasteiger partial charge < -0.3 is 16.4 Å². The molecule has 1 heterocycles. The summed E-state index contributed by atoms with van der Waals surface area (Å²) in [5.74, 6) is 0. The van der Waals surface area contributed by atoms with Crippen molar-refractivity contribution in [1.82, 2.24) is 4.98 Å². The first-order valence-electron chi connectivity index (χ1n) is 6.51. The second-order valence-electron chi connectivity index (χ2n) is 4.81. The zero-order chi connectivity index (χ0) is 15.4. The third-order valence-corrected chi connectivity index (χ3v) is 3.47. The zero-order valence-corrected chi connectivity index (χ0v) is 12.6. The van der Waals surface area contributed by atoms with Crippen molar-refractivity contribution in [2.75, 3.05) is 10.6 Å². The summed E-state index contributed by atoms with van der Waals surface area (Å²) in [5, 5.41) is 6.39. The largest absolute Gasteiger partial charge is 0.377 e. The normalized spacial score (nSPS) is 11.8. The molecule has 0 radical (unpaired) electrons. The maximum atomic E-state index is 10.8. The Morgan fingerprint density at radius 3 is 2.52 bits per heavy atom. The van der Waals surface area contributed by atoms with Crippen LogP contribution >= 0.6 is 11.6 Å². The van der Waals surface area contributed by atoms with Gasteiger partial charge in [-0.3, -0.25) is 0 Å². The number of rotatable bonds is 4.